The molecule has 13 heavy (non-hydrogen) atoms. The molecule has 1 heterocycles. The van der Waals surface area contributed by atoms with Crippen molar-refractivity contribution in [3.8, 4) is 0 Å². The Bertz CT molecular complexity index is 250. The van der Waals surface area contributed by atoms with Gasteiger partial charge in [0.2, 0.25) is 11.0 Å². The summed E-state index contributed by atoms with van der Waals surface area (Å²) in [6.45, 7) is 5.43. The zero-order valence-electron chi connectivity index (χ0n) is 7.63. The first-order chi connectivity index (χ1) is 6.09. The van der Waals surface area contributed by atoms with Crippen molar-refractivity contribution in [3.05, 3.63) is 12.2 Å². The van der Waals surface area contributed by atoms with Crippen molar-refractivity contribution in [3.63, 3.8) is 0 Å². The Morgan fingerprint density at radius 3 is 2.92 bits per heavy atom. The van der Waals surface area contributed by atoms with Crippen molar-refractivity contribution < 1.29 is 9.59 Å². The molecule has 1 rings (SSSR count). The van der Waals surface area contributed by atoms with Gasteiger partial charge in [-0.05, 0) is 13.3 Å². The number of carbonyl (C=O) groups excluding carboxylic acids is 2. The number of rotatable bonds is 3. The first-order valence-electron chi connectivity index (χ1n) is 4.20. The lowest BCUT2D eigenvalue weighted by atomic mass is 10.2. The van der Waals surface area contributed by atoms with Crippen LogP contribution in [0.2, 0.25) is 0 Å². The van der Waals surface area contributed by atoms with E-state index in [1.807, 2.05) is 0 Å². The van der Waals surface area contributed by atoms with Crippen LogP contribution >= 0.6 is 11.8 Å². The maximum Gasteiger partial charge on any atom is 0.224 e. The minimum Gasteiger partial charge on any atom is -0.345 e. The summed E-state index contributed by atoms with van der Waals surface area (Å²) in [5.41, 5.74) is 0.815. The van der Waals surface area contributed by atoms with Crippen molar-refractivity contribution in [1.29, 1.82) is 0 Å². The molecule has 1 fully saturated rings. The van der Waals surface area contributed by atoms with Crippen LogP contribution in [0.15, 0.2) is 12.2 Å². The summed E-state index contributed by atoms with van der Waals surface area (Å²) in [5, 5.41) is 2.77. The van der Waals surface area contributed by atoms with Gasteiger partial charge >= 0.3 is 0 Å². The van der Waals surface area contributed by atoms with Gasteiger partial charge < -0.3 is 5.32 Å². The Balaban J connectivity index is 2.35. The van der Waals surface area contributed by atoms with Crippen molar-refractivity contribution in [2.75, 3.05) is 5.75 Å². The highest BCUT2D eigenvalue weighted by Crippen LogP contribution is 2.19. The molecule has 4 heteroatoms. The first-order valence-corrected chi connectivity index (χ1v) is 5.18. The third-order valence-electron chi connectivity index (χ3n) is 1.73. The van der Waals surface area contributed by atoms with Crippen LogP contribution in [-0.2, 0) is 9.59 Å². The number of thioether (sulfide) groups is 1. The molecule has 1 aliphatic rings. The van der Waals surface area contributed by atoms with E-state index in [4.69, 9.17) is 0 Å². The molecule has 1 N–H and O–H groups in total. The van der Waals surface area contributed by atoms with E-state index in [0.717, 1.165) is 17.7 Å². The highest BCUT2D eigenvalue weighted by Gasteiger charge is 2.26. The largest absolute Gasteiger partial charge is 0.345 e. The summed E-state index contributed by atoms with van der Waals surface area (Å²) < 4.78 is 0. The predicted octanol–water partition coefficient (Wildman–Crippen LogP) is 1.10. The molecule has 0 aromatic carbocycles. The van der Waals surface area contributed by atoms with E-state index in [1.54, 1.807) is 6.92 Å². The smallest absolute Gasteiger partial charge is 0.224 e. The van der Waals surface area contributed by atoms with Gasteiger partial charge in [-0.1, -0.05) is 23.9 Å². The monoisotopic (exact) mass is 199 g/mol. The Morgan fingerprint density at radius 1 is 1.77 bits per heavy atom. The van der Waals surface area contributed by atoms with Crippen molar-refractivity contribution in [2.24, 2.45) is 0 Å². The lowest BCUT2D eigenvalue weighted by Gasteiger charge is -2.09. The summed E-state index contributed by atoms with van der Waals surface area (Å²) in [5.74, 6) is 0.713. The van der Waals surface area contributed by atoms with Crippen LogP contribution in [0, 0.1) is 0 Å². The zero-order valence-corrected chi connectivity index (χ0v) is 8.45. The van der Waals surface area contributed by atoms with Gasteiger partial charge in [-0.2, -0.15) is 0 Å². The lowest BCUT2D eigenvalue weighted by Crippen LogP contribution is -2.37. The van der Waals surface area contributed by atoms with Crippen molar-refractivity contribution in [2.45, 2.75) is 25.8 Å². The predicted molar refractivity (Wildman–Crippen MR) is 53.4 cm³/mol. The topological polar surface area (TPSA) is 46.2 Å². The van der Waals surface area contributed by atoms with E-state index in [2.05, 4.69) is 11.9 Å². The van der Waals surface area contributed by atoms with Gasteiger partial charge in [0.15, 0.2) is 0 Å². The molecule has 1 unspecified atom stereocenters. The Hall–Kier alpha value is -0.770. The summed E-state index contributed by atoms with van der Waals surface area (Å²) in [6, 6.07) is -0.267. The molecule has 0 aromatic rings. The van der Waals surface area contributed by atoms with Gasteiger partial charge in [0.05, 0.1) is 6.04 Å². The van der Waals surface area contributed by atoms with Gasteiger partial charge in [-0.3, -0.25) is 9.59 Å². The maximum absolute atomic E-state index is 11.2. The summed E-state index contributed by atoms with van der Waals surface area (Å²) in [7, 11) is 0. The summed E-state index contributed by atoms with van der Waals surface area (Å²) in [4.78, 5) is 22.3. The summed E-state index contributed by atoms with van der Waals surface area (Å²) >= 11 is 1.29. The van der Waals surface area contributed by atoms with Crippen LogP contribution in [0.4, 0.5) is 0 Å². The van der Waals surface area contributed by atoms with E-state index in [9.17, 15) is 9.59 Å². The van der Waals surface area contributed by atoms with E-state index < -0.39 is 0 Å². The Morgan fingerprint density at radius 2 is 2.46 bits per heavy atom. The van der Waals surface area contributed by atoms with Crippen LogP contribution in [0.3, 0.4) is 0 Å². The fraction of sp³-hybridized carbons (Fsp3) is 0.556. The average molecular weight is 199 g/mol. The molecule has 0 bridgehead atoms. The fourth-order valence-electron chi connectivity index (χ4n) is 1.15. The molecule has 0 radical (unpaired) electrons. The molecule has 0 aromatic heterocycles. The quantitative estimate of drug-likeness (QED) is 0.692. The minimum absolute atomic E-state index is 0.0788. The normalized spacial score (nSPS) is 21.6. The molecule has 0 saturated carbocycles. The summed E-state index contributed by atoms with van der Waals surface area (Å²) in [6.07, 6.45) is 1.07. The highest BCUT2D eigenvalue weighted by atomic mass is 32.2. The van der Waals surface area contributed by atoms with Crippen LogP contribution in [-0.4, -0.2) is 22.8 Å². The second-order valence-electron chi connectivity index (χ2n) is 3.21. The Labute approximate surface area is 82.0 Å². The molecular weight excluding hydrogens is 186 g/mol. The molecule has 0 aliphatic carbocycles. The van der Waals surface area contributed by atoms with Gasteiger partial charge in [-0.25, -0.2) is 0 Å². The zero-order chi connectivity index (χ0) is 9.84. The number of nitrogens with one attached hydrogen (secondary N) is 1. The average Bonchev–Trinajstić information content (AvgIpc) is 2.34. The van der Waals surface area contributed by atoms with Gasteiger partial charge in [-0.15, -0.1) is 0 Å². The second kappa shape index (κ2) is 4.46. The third kappa shape index (κ3) is 3.22. The van der Waals surface area contributed by atoms with Gasteiger partial charge in [0, 0.05) is 12.2 Å². The molecule has 1 amide bonds. The van der Waals surface area contributed by atoms with Gasteiger partial charge in [0.1, 0.15) is 0 Å². The van der Waals surface area contributed by atoms with Gasteiger partial charge in [0.25, 0.3) is 0 Å². The molecule has 1 aliphatic heterocycles. The van der Waals surface area contributed by atoms with Crippen molar-refractivity contribution >= 4 is 22.8 Å². The lowest BCUT2D eigenvalue weighted by molar-refractivity contribution is -0.124. The molecule has 1 saturated heterocycles. The second-order valence-corrected chi connectivity index (χ2v) is 4.31. The number of carbonyl (C=O) groups is 2. The molecular formula is C9H13NO2S. The van der Waals surface area contributed by atoms with Crippen LogP contribution in [0.25, 0.3) is 0 Å². The fourth-order valence-corrected chi connectivity index (χ4v) is 2.08. The maximum atomic E-state index is 11.2. The standard InChI is InChI=1S/C9H13NO2S/c1-6(2)5-8(11)10-7-3-4-13-9(7)12/h7H,1,3-5H2,2H3,(H,10,11). The molecule has 1 atom stereocenters. The van der Waals surface area contributed by atoms with E-state index in [-0.39, 0.29) is 17.1 Å². The van der Waals surface area contributed by atoms with E-state index >= 15 is 0 Å². The van der Waals surface area contributed by atoms with Crippen LogP contribution in [0.1, 0.15) is 19.8 Å². The van der Waals surface area contributed by atoms with Crippen LogP contribution in [0.5, 0.6) is 0 Å². The first kappa shape index (κ1) is 10.3. The van der Waals surface area contributed by atoms with E-state index in [0.29, 0.717) is 6.42 Å². The SMILES string of the molecule is C=C(C)CC(=O)NC1CCSC1=O. The van der Waals surface area contributed by atoms with E-state index in [1.165, 1.54) is 11.8 Å². The van der Waals surface area contributed by atoms with Crippen molar-refractivity contribution in [1.82, 2.24) is 5.32 Å². The number of hydrogen-bond acceptors (Lipinski definition) is 3. The third-order valence-corrected chi connectivity index (χ3v) is 2.74. The molecule has 72 valence electrons. The molecule has 0 spiro atoms. The minimum atomic E-state index is -0.267. The number of amides is 1. The number of hydrogen-bond donors (Lipinski definition) is 1. The molecule has 3 nitrogen and oxygen atoms in total. The van der Waals surface area contributed by atoms with Crippen LogP contribution < -0.4 is 5.32 Å². The highest BCUT2D eigenvalue weighted by molar-refractivity contribution is 8.14. The Kier molecular flexibility index (Phi) is 3.54.